The normalized spacial score (nSPS) is 17.8. The Morgan fingerprint density at radius 1 is 1.15 bits per heavy atom. The van der Waals surface area contributed by atoms with Crippen LogP contribution in [0.1, 0.15) is 128 Å². The van der Waals surface area contributed by atoms with Crippen LogP contribution in [-0.4, -0.2) is 23.1 Å². The van der Waals surface area contributed by atoms with Crippen LogP contribution >= 0.6 is 12.2 Å². The largest absolute Gasteiger partial charge is 0.493 e. The summed E-state index contributed by atoms with van der Waals surface area (Å²) in [5, 5.41) is 12.7. The third kappa shape index (κ3) is 11.3. The fourth-order valence-electron chi connectivity index (χ4n) is 8.02. The van der Waals surface area contributed by atoms with Crippen molar-refractivity contribution in [2.45, 2.75) is 112 Å². The number of Topliss-reactive ketones (excluding diaryl/α,β-unsaturated/α-hetero) is 1. The number of fused-ring (bicyclic) bond motifs is 1. The molecule has 3 aliphatic rings. The van der Waals surface area contributed by atoms with Gasteiger partial charge in [-0.15, -0.1) is 5.73 Å². The van der Waals surface area contributed by atoms with Crippen molar-refractivity contribution < 1.29 is 22.7 Å². The summed E-state index contributed by atoms with van der Waals surface area (Å²) in [5.41, 5.74) is 12.6. The standard InChI is InChI=1S/C51H56F3N3O2S/c1-9-12-39-23-32(3)33(4)48-34(5)57-49(56-31-42(48)25-39)45-27-40(19-22-47(45)59-10-2)24-36-13-11-14-37(16-15-36)26-43(50(7,8)35(6)58)29-44(60)21-18-38-17-20-41(30-55)46(28-38)51(52,53)54/h13,17-22,27-29,31,37H,5,9-12,14-16,24-26H2,1-4,6-8H3,(H,56,57)/b21-18+,43-29-. The van der Waals surface area contributed by atoms with Crippen LogP contribution in [0.25, 0.3) is 6.08 Å². The minimum atomic E-state index is -4.65. The molecule has 0 fully saturated rings. The molecule has 60 heavy (non-hydrogen) atoms. The van der Waals surface area contributed by atoms with Crippen LogP contribution in [0.4, 0.5) is 13.2 Å². The van der Waals surface area contributed by atoms with E-state index in [1.807, 2.05) is 39.1 Å². The summed E-state index contributed by atoms with van der Waals surface area (Å²) in [4.78, 5) is 18.4. The summed E-state index contributed by atoms with van der Waals surface area (Å²) in [6.07, 6.45) is 12.6. The van der Waals surface area contributed by atoms with Gasteiger partial charge in [0.15, 0.2) is 0 Å². The monoisotopic (exact) mass is 831 g/mol. The average molecular weight is 832 g/mol. The molecule has 0 saturated heterocycles. The number of rotatable bonds is 14. The van der Waals surface area contributed by atoms with Crippen LogP contribution in [0.2, 0.25) is 0 Å². The maximum absolute atomic E-state index is 13.6. The van der Waals surface area contributed by atoms with Crippen molar-refractivity contribution in [1.29, 1.82) is 5.26 Å². The van der Waals surface area contributed by atoms with Crippen molar-refractivity contribution in [3.63, 3.8) is 0 Å². The molecule has 0 aromatic heterocycles. The highest BCUT2D eigenvalue weighted by atomic mass is 32.1. The van der Waals surface area contributed by atoms with Gasteiger partial charge in [0, 0.05) is 34.2 Å². The lowest BCUT2D eigenvalue weighted by Gasteiger charge is -2.28. The van der Waals surface area contributed by atoms with Gasteiger partial charge in [-0.05, 0) is 162 Å². The molecular formula is C51H56F3N3O2S. The molecule has 1 atom stereocenters. The summed E-state index contributed by atoms with van der Waals surface area (Å²) in [7, 11) is 0. The van der Waals surface area contributed by atoms with Gasteiger partial charge >= 0.3 is 6.18 Å². The lowest BCUT2D eigenvalue weighted by atomic mass is 9.75. The van der Waals surface area contributed by atoms with Crippen LogP contribution in [0.5, 0.6) is 5.75 Å². The highest BCUT2D eigenvalue weighted by Crippen LogP contribution is 2.39. The lowest BCUT2D eigenvalue weighted by Crippen LogP contribution is -2.26. The number of benzene rings is 2. The number of ether oxygens (including phenoxy) is 1. The summed E-state index contributed by atoms with van der Waals surface area (Å²) in [6.45, 7) is 18.8. The Balaban J connectivity index is 1.32. The van der Waals surface area contributed by atoms with Crippen molar-refractivity contribution in [1.82, 2.24) is 5.32 Å². The highest BCUT2D eigenvalue weighted by Gasteiger charge is 2.34. The van der Waals surface area contributed by atoms with Crippen molar-refractivity contribution in [3.05, 3.63) is 146 Å². The molecule has 0 spiro atoms. The van der Waals surface area contributed by atoms with Gasteiger partial charge in [0.1, 0.15) is 17.4 Å². The van der Waals surface area contributed by atoms with Crippen LogP contribution in [0.3, 0.4) is 0 Å². The second-order valence-corrected chi connectivity index (χ2v) is 17.0. The number of ketones is 1. The van der Waals surface area contributed by atoms with E-state index in [0.717, 1.165) is 114 Å². The molecule has 5 rings (SSSR count). The van der Waals surface area contributed by atoms with Crippen LogP contribution in [0.15, 0.2) is 123 Å². The number of amidine groups is 1. The molecule has 0 amide bonds. The molecule has 2 aromatic carbocycles. The zero-order valence-electron chi connectivity index (χ0n) is 36.0. The summed E-state index contributed by atoms with van der Waals surface area (Å²) < 4.78 is 46.8. The lowest BCUT2D eigenvalue weighted by molar-refractivity contribution is -0.137. The molecule has 0 bridgehead atoms. The number of carbonyl (C=O) groups excluding carboxylic acids is 1. The number of hydrogen-bond donors (Lipinski definition) is 1. The van der Waals surface area contributed by atoms with E-state index in [0.29, 0.717) is 29.6 Å². The Bertz CT molecular complexity index is 2350. The molecular weight excluding hydrogens is 776 g/mol. The van der Waals surface area contributed by atoms with Crippen molar-refractivity contribution in [3.8, 4) is 11.8 Å². The number of aliphatic imine (C=N–C) groups is 1. The Morgan fingerprint density at radius 3 is 2.60 bits per heavy atom. The SMILES string of the molecule is C=C1NC(c2cc(CC3=CCCC(C/C(=C/C(=S)/C=C/c4ccc(C#N)c(C(F)(F)F)c4)C(C)(C)C(C)=O)CC3)ccc2OCC)=NC=C2CC(CCC)=C=C(C)C(C)=C12. The molecule has 5 nitrogen and oxygen atoms in total. The fourth-order valence-corrected chi connectivity index (χ4v) is 8.23. The summed E-state index contributed by atoms with van der Waals surface area (Å²) in [6, 6.07) is 11.5. The first-order valence-corrected chi connectivity index (χ1v) is 21.2. The molecule has 0 radical (unpaired) electrons. The number of thiocarbonyl (C=S) groups is 1. The number of alkyl halides is 3. The smallest absolute Gasteiger partial charge is 0.417 e. The van der Waals surface area contributed by atoms with Gasteiger partial charge in [0.25, 0.3) is 0 Å². The number of carbonyl (C=O) groups is 1. The molecule has 314 valence electrons. The predicted molar refractivity (Wildman–Crippen MR) is 242 cm³/mol. The third-order valence-electron chi connectivity index (χ3n) is 11.8. The fraction of sp³-hybridized carbons (Fsp3) is 0.392. The Morgan fingerprint density at radius 2 is 1.92 bits per heavy atom. The Kier molecular flexibility index (Phi) is 15.1. The zero-order chi connectivity index (χ0) is 43.8. The van der Waals surface area contributed by atoms with Crippen molar-refractivity contribution in [2.75, 3.05) is 6.61 Å². The summed E-state index contributed by atoms with van der Waals surface area (Å²) >= 11 is 5.68. The molecule has 1 N–H and O–H groups in total. The van der Waals surface area contributed by atoms with Gasteiger partial charge in [-0.1, -0.05) is 67.6 Å². The molecule has 9 heteroatoms. The maximum Gasteiger partial charge on any atom is 0.417 e. The van der Waals surface area contributed by atoms with Gasteiger partial charge in [-0.25, -0.2) is 4.99 Å². The number of halogens is 3. The molecule has 1 unspecified atom stereocenters. The van der Waals surface area contributed by atoms with Crippen molar-refractivity contribution in [2.24, 2.45) is 16.3 Å². The topological polar surface area (TPSA) is 74.5 Å². The van der Waals surface area contributed by atoms with Crippen LogP contribution < -0.4 is 10.1 Å². The van der Waals surface area contributed by atoms with Gasteiger partial charge in [-0.3, -0.25) is 4.79 Å². The molecule has 0 saturated carbocycles. The van der Waals surface area contributed by atoms with Gasteiger partial charge in [0.2, 0.25) is 0 Å². The van der Waals surface area contributed by atoms with E-state index >= 15 is 0 Å². The first-order valence-electron chi connectivity index (χ1n) is 20.8. The van der Waals surface area contributed by atoms with E-state index in [9.17, 15) is 18.0 Å². The first kappa shape index (κ1) is 45.8. The first-order chi connectivity index (χ1) is 28.4. The Hall–Kier alpha value is -5.29. The van der Waals surface area contributed by atoms with E-state index in [1.165, 1.54) is 23.3 Å². The number of nitriles is 1. The second kappa shape index (κ2) is 19.8. The van der Waals surface area contributed by atoms with E-state index in [-0.39, 0.29) is 11.3 Å². The van der Waals surface area contributed by atoms with E-state index in [1.54, 1.807) is 19.1 Å². The maximum atomic E-state index is 13.6. The van der Waals surface area contributed by atoms with E-state index in [2.05, 4.69) is 56.6 Å². The van der Waals surface area contributed by atoms with Crippen LogP contribution in [-0.2, 0) is 17.4 Å². The number of hydrogen-bond acceptors (Lipinski definition) is 6. The minimum Gasteiger partial charge on any atom is -0.493 e. The Labute approximate surface area is 359 Å². The predicted octanol–water partition coefficient (Wildman–Crippen LogP) is 13.4. The van der Waals surface area contributed by atoms with Gasteiger partial charge < -0.3 is 10.1 Å². The number of allylic oxidation sites excluding steroid dienone is 8. The molecule has 1 heterocycles. The van der Waals surface area contributed by atoms with E-state index in [4.69, 9.17) is 27.2 Å². The zero-order valence-corrected chi connectivity index (χ0v) is 36.8. The number of nitrogens with one attached hydrogen (secondary N) is 1. The number of nitrogens with zero attached hydrogens (tertiary/aromatic N) is 2. The minimum absolute atomic E-state index is 0.0138. The molecule has 1 aliphatic heterocycles. The molecule has 2 aliphatic carbocycles. The van der Waals surface area contributed by atoms with Gasteiger partial charge in [-0.2, -0.15) is 18.4 Å². The van der Waals surface area contributed by atoms with Crippen LogP contribution in [0, 0.1) is 22.7 Å². The molecule has 2 aromatic rings. The quantitative estimate of drug-likeness (QED) is 0.0888. The van der Waals surface area contributed by atoms with Crippen molar-refractivity contribution >= 4 is 34.8 Å². The third-order valence-corrected chi connectivity index (χ3v) is 12.1. The summed E-state index contributed by atoms with van der Waals surface area (Å²) in [5.74, 6) is 1.78. The average Bonchev–Trinajstić information content (AvgIpc) is 3.56. The highest BCUT2D eigenvalue weighted by molar-refractivity contribution is 7.81. The second-order valence-electron chi connectivity index (χ2n) is 16.5. The van der Waals surface area contributed by atoms with Gasteiger partial charge in [0.05, 0.1) is 29.4 Å². The van der Waals surface area contributed by atoms with E-state index < -0.39 is 22.7 Å².